The van der Waals surface area contributed by atoms with Crippen molar-refractivity contribution in [1.29, 1.82) is 0 Å². The van der Waals surface area contributed by atoms with Gasteiger partial charge in [-0.3, -0.25) is 9.59 Å². The van der Waals surface area contributed by atoms with Crippen LogP contribution in [0.1, 0.15) is 26.2 Å². The number of nitrogens with two attached hydrogens (primary N) is 1. The van der Waals surface area contributed by atoms with Crippen molar-refractivity contribution in [2.24, 2.45) is 5.73 Å². The van der Waals surface area contributed by atoms with Crippen molar-refractivity contribution in [2.45, 2.75) is 26.2 Å². The maximum atomic E-state index is 11.4. The topological polar surface area (TPSA) is 84.2 Å². The van der Waals surface area contributed by atoms with E-state index in [1.54, 1.807) is 0 Å². The fraction of sp³-hybridized carbons (Fsp3) is 0.818. The molecular weight excluding hydrogens is 237 g/mol. The molecular formula is C11H24N3O2P. The summed E-state index contributed by atoms with van der Waals surface area (Å²) in [7, 11) is -0.499. The molecule has 0 spiro atoms. The number of carbonyl (C=O) groups excluding carboxylic acids is 2. The molecule has 0 heterocycles. The first-order valence-corrected chi connectivity index (χ1v) is 8.05. The van der Waals surface area contributed by atoms with Gasteiger partial charge in [0.25, 0.3) is 0 Å². The van der Waals surface area contributed by atoms with Gasteiger partial charge in [-0.2, -0.15) is 0 Å². The van der Waals surface area contributed by atoms with Gasteiger partial charge in [0.05, 0.1) is 6.54 Å². The molecule has 0 aromatic carbocycles. The summed E-state index contributed by atoms with van der Waals surface area (Å²) in [5.74, 6) is -0.113. The summed E-state index contributed by atoms with van der Waals surface area (Å²) < 4.78 is 0. The maximum Gasteiger partial charge on any atom is 0.240 e. The zero-order valence-electron chi connectivity index (χ0n) is 10.8. The monoisotopic (exact) mass is 261 g/mol. The summed E-state index contributed by atoms with van der Waals surface area (Å²) in [6.07, 6.45) is 3.82. The molecule has 4 N–H and O–H groups in total. The van der Waals surface area contributed by atoms with E-state index in [1.807, 2.05) is 13.6 Å². The number of rotatable bonds is 9. The standard InChI is InChI=1S/C11H24N3O2P/c1-3-17(2)11(16)14-8-6-4-5-7-13-10(15)9-12/h3-9,12H2,1-2H3,(H,13,15)(H,14,16). The Kier molecular flexibility index (Phi) is 10.1. The molecule has 17 heavy (non-hydrogen) atoms. The lowest BCUT2D eigenvalue weighted by atomic mass is 10.2. The van der Waals surface area contributed by atoms with Gasteiger partial charge in [-0.05, 0) is 40.0 Å². The quantitative estimate of drug-likeness (QED) is 0.429. The zero-order chi connectivity index (χ0) is 13.1. The largest absolute Gasteiger partial charge is 0.355 e. The average Bonchev–Trinajstić information content (AvgIpc) is 2.35. The summed E-state index contributed by atoms with van der Waals surface area (Å²) >= 11 is 0. The second kappa shape index (κ2) is 10.5. The molecule has 0 aromatic rings. The van der Waals surface area contributed by atoms with Crippen LogP contribution < -0.4 is 16.4 Å². The van der Waals surface area contributed by atoms with Gasteiger partial charge in [0.15, 0.2) is 0 Å². The Bertz CT molecular complexity index is 237. The van der Waals surface area contributed by atoms with Gasteiger partial charge in [-0.1, -0.05) is 6.92 Å². The van der Waals surface area contributed by atoms with Crippen LogP contribution >= 0.6 is 7.92 Å². The third-order valence-electron chi connectivity index (χ3n) is 2.46. The number of hydrogen-bond donors (Lipinski definition) is 3. The highest BCUT2D eigenvalue weighted by Crippen LogP contribution is 2.29. The number of unbranched alkanes of at least 4 members (excludes halogenated alkanes) is 2. The first kappa shape index (κ1) is 16.3. The molecule has 2 amide bonds. The summed E-state index contributed by atoms with van der Waals surface area (Å²) in [5.41, 5.74) is 5.34. The van der Waals surface area contributed by atoms with Crippen LogP contribution in [-0.4, -0.2) is 44.0 Å². The first-order valence-electron chi connectivity index (χ1n) is 6.07. The van der Waals surface area contributed by atoms with Gasteiger partial charge in [-0.25, -0.2) is 0 Å². The fourth-order valence-electron chi connectivity index (χ4n) is 1.20. The van der Waals surface area contributed by atoms with Crippen LogP contribution in [0.5, 0.6) is 0 Å². The molecule has 0 fully saturated rings. The van der Waals surface area contributed by atoms with Gasteiger partial charge < -0.3 is 16.4 Å². The van der Waals surface area contributed by atoms with Crippen LogP contribution in [0.15, 0.2) is 0 Å². The zero-order valence-corrected chi connectivity index (χ0v) is 11.7. The molecule has 6 heteroatoms. The Hall–Kier alpha value is -0.670. The molecule has 0 radical (unpaired) electrons. The second-order valence-electron chi connectivity index (χ2n) is 3.86. The molecule has 0 bridgehead atoms. The molecule has 0 rings (SSSR count). The van der Waals surface area contributed by atoms with Gasteiger partial charge in [-0.15, -0.1) is 0 Å². The third kappa shape index (κ3) is 9.07. The van der Waals surface area contributed by atoms with E-state index in [9.17, 15) is 9.59 Å². The molecule has 0 aromatic heterocycles. The molecule has 100 valence electrons. The Morgan fingerprint density at radius 1 is 1.12 bits per heavy atom. The minimum Gasteiger partial charge on any atom is -0.355 e. The summed E-state index contributed by atoms with van der Waals surface area (Å²) in [6.45, 7) is 5.47. The van der Waals surface area contributed by atoms with Crippen molar-refractivity contribution >= 4 is 19.5 Å². The van der Waals surface area contributed by atoms with E-state index >= 15 is 0 Å². The van der Waals surface area contributed by atoms with E-state index < -0.39 is 7.92 Å². The lowest BCUT2D eigenvalue weighted by Crippen LogP contribution is -2.31. The molecule has 1 unspecified atom stereocenters. The molecule has 1 atom stereocenters. The van der Waals surface area contributed by atoms with E-state index in [0.717, 1.165) is 32.0 Å². The van der Waals surface area contributed by atoms with Gasteiger partial charge >= 0.3 is 0 Å². The Morgan fingerprint density at radius 2 is 1.71 bits per heavy atom. The lowest BCUT2D eigenvalue weighted by Gasteiger charge is -2.10. The van der Waals surface area contributed by atoms with Crippen molar-refractivity contribution in [1.82, 2.24) is 10.6 Å². The maximum absolute atomic E-state index is 11.4. The van der Waals surface area contributed by atoms with Crippen LogP contribution in [0, 0.1) is 0 Å². The van der Waals surface area contributed by atoms with E-state index in [-0.39, 0.29) is 18.1 Å². The Balaban J connectivity index is 3.29. The van der Waals surface area contributed by atoms with Crippen molar-refractivity contribution in [3.05, 3.63) is 0 Å². The van der Waals surface area contributed by atoms with Crippen LogP contribution in [0.3, 0.4) is 0 Å². The second-order valence-corrected chi connectivity index (χ2v) is 6.30. The average molecular weight is 261 g/mol. The Labute approximate surface area is 105 Å². The number of amides is 2. The number of carbonyl (C=O) groups is 2. The minimum atomic E-state index is -0.499. The van der Waals surface area contributed by atoms with Crippen LogP contribution in [0.4, 0.5) is 4.79 Å². The van der Waals surface area contributed by atoms with E-state index in [4.69, 9.17) is 5.73 Å². The lowest BCUT2D eigenvalue weighted by molar-refractivity contribution is -0.119. The number of nitrogens with one attached hydrogen (secondary N) is 2. The molecule has 0 aliphatic heterocycles. The van der Waals surface area contributed by atoms with E-state index in [0.29, 0.717) is 6.54 Å². The fourth-order valence-corrected chi connectivity index (χ4v) is 1.87. The van der Waals surface area contributed by atoms with Crippen LogP contribution in [-0.2, 0) is 4.79 Å². The Morgan fingerprint density at radius 3 is 2.24 bits per heavy atom. The molecule has 5 nitrogen and oxygen atoms in total. The highest BCUT2D eigenvalue weighted by atomic mass is 31.1. The van der Waals surface area contributed by atoms with Gasteiger partial charge in [0.1, 0.15) is 0 Å². The summed E-state index contributed by atoms with van der Waals surface area (Å²) in [5, 5.41) is 5.64. The van der Waals surface area contributed by atoms with Gasteiger partial charge in [0.2, 0.25) is 11.6 Å². The normalized spacial score (nSPS) is 11.9. The van der Waals surface area contributed by atoms with Crippen molar-refractivity contribution < 1.29 is 9.59 Å². The van der Waals surface area contributed by atoms with E-state index in [2.05, 4.69) is 10.6 Å². The molecule has 0 saturated heterocycles. The number of hydrogen-bond acceptors (Lipinski definition) is 3. The smallest absolute Gasteiger partial charge is 0.240 e. The molecule has 0 saturated carbocycles. The third-order valence-corrected chi connectivity index (χ3v) is 4.26. The SMILES string of the molecule is CCP(C)C(=O)NCCCCCNC(=O)CN. The van der Waals surface area contributed by atoms with Crippen LogP contribution in [0.25, 0.3) is 0 Å². The van der Waals surface area contributed by atoms with Crippen LogP contribution in [0.2, 0.25) is 0 Å². The minimum absolute atomic E-state index is 0.0487. The predicted octanol–water partition coefficient (Wildman–Crippen LogP) is 1.07. The highest BCUT2D eigenvalue weighted by Gasteiger charge is 2.07. The van der Waals surface area contributed by atoms with Crippen molar-refractivity contribution in [3.8, 4) is 0 Å². The molecule has 0 aliphatic rings. The highest BCUT2D eigenvalue weighted by molar-refractivity contribution is 7.73. The first-order chi connectivity index (χ1) is 8.11. The van der Waals surface area contributed by atoms with Gasteiger partial charge in [0, 0.05) is 13.1 Å². The summed E-state index contributed by atoms with van der Waals surface area (Å²) in [4.78, 5) is 22.2. The van der Waals surface area contributed by atoms with Crippen molar-refractivity contribution in [3.63, 3.8) is 0 Å². The predicted molar refractivity (Wildman–Crippen MR) is 72.7 cm³/mol. The summed E-state index contributed by atoms with van der Waals surface area (Å²) in [6, 6.07) is 0. The molecule has 0 aliphatic carbocycles. The van der Waals surface area contributed by atoms with Crippen molar-refractivity contribution in [2.75, 3.05) is 32.5 Å². The van der Waals surface area contributed by atoms with E-state index in [1.165, 1.54) is 0 Å².